The second-order valence-corrected chi connectivity index (χ2v) is 10.2. The quantitative estimate of drug-likeness (QED) is 0.378. The number of ether oxygens (including phenoxy) is 2. The molecular formula is C31H26N2O7. The van der Waals surface area contributed by atoms with Crippen LogP contribution in [-0.2, 0) is 28.7 Å². The first-order chi connectivity index (χ1) is 19.3. The Hall–Kier alpha value is -4.79. The van der Waals surface area contributed by atoms with Gasteiger partial charge in [0.1, 0.15) is 6.04 Å². The van der Waals surface area contributed by atoms with Crippen LogP contribution in [-0.4, -0.2) is 54.3 Å². The molecular weight excluding hydrogens is 512 g/mol. The molecule has 3 atom stereocenters. The molecule has 7 rings (SSSR count). The van der Waals surface area contributed by atoms with Gasteiger partial charge in [0.25, 0.3) is 5.91 Å². The van der Waals surface area contributed by atoms with Crippen molar-refractivity contribution >= 4 is 35.3 Å². The fourth-order valence-electron chi connectivity index (χ4n) is 6.45. The number of carbonyl (C=O) groups excluding carboxylic acids is 5. The van der Waals surface area contributed by atoms with Gasteiger partial charge in [-0.25, -0.2) is 9.59 Å². The SMILES string of the molecule is COC(=O)c1ccc(NC(=O)COC(=O)[C@@H](C)N2C(=O)[C@@H]3C4c5ccccc5C(c5ccccc54)[C@@H]3C2=O)cc1. The number of methoxy groups -OCH3 is 1. The molecule has 1 N–H and O–H groups in total. The van der Waals surface area contributed by atoms with Gasteiger partial charge in [0, 0.05) is 17.5 Å². The molecule has 0 spiro atoms. The van der Waals surface area contributed by atoms with E-state index in [0.29, 0.717) is 11.3 Å². The number of esters is 2. The monoisotopic (exact) mass is 538 g/mol. The summed E-state index contributed by atoms with van der Waals surface area (Å²) in [4.78, 5) is 65.5. The molecule has 1 aliphatic heterocycles. The van der Waals surface area contributed by atoms with Crippen LogP contribution in [0.1, 0.15) is 51.4 Å². The van der Waals surface area contributed by atoms with Crippen molar-refractivity contribution in [3.8, 4) is 0 Å². The Bertz CT molecular complexity index is 1450. The maximum Gasteiger partial charge on any atom is 0.337 e. The summed E-state index contributed by atoms with van der Waals surface area (Å²) in [6, 6.07) is 20.6. The summed E-state index contributed by atoms with van der Waals surface area (Å²) >= 11 is 0. The van der Waals surface area contributed by atoms with E-state index in [2.05, 4.69) is 10.1 Å². The Morgan fingerprint density at radius 1 is 0.800 bits per heavy atom. The third-order valence-corrected chi connectivity index (χ3v) is 8.15. The standard InChI is InChI=1S/C31H26N2O7/c1-16(30(37)40-15-23(34)32-18-13-11-17(12-14-18)31(38)39-2)33-28(35)26-24-19-7-3-4-8-20(19)25(27(26)29(33)36)22-10-6-5-9-21(22)24/h3-14,16,24-27H,15H2,1-2H3,(H,32,34)/t16-,24?,25?,26-,27+/m1/s1. The van der Waals surface area contributed by atoms with Crippen LogP contribution in [0, 0.1) is 11.8 Å². The predicted molar refractivity (Wildman–Crippen MR) is 142 cm³/mol. The summed E-state index contributed by atoms with van der Waals surface area (Å²) in [5, 5.41) is 2.57. The van der Waals surface area contributed by atoms with Gasteiger partial charge in [-0.05, 0) is 53.4 Å². The van der Waals surface area contributed by atoms with E-state index in [0.717, 1.165) is 27.2 Å². The third kappa shape index (κ3) is 3.88. The van der Waals surface area contributed by atoms with Gasteiger partial charge < -0.3 is 14.8 Å². The number of nitrogens with one attached hydrogen (secondary N) is 1. The highest BCUT2D eigenvalue weighted by Gasteiger charge is 2.62. The minimum Gasteiger partial charge on any atom is -0.465 e. The smallest absolute Gasteiger partial charge is 0.337 e. The van der Waals surface area contributed by atoms with Gasteiger partial charge in [0.2, 0.25) is 11.8 Å². The van der Waals surface area contributed by atoms with Crippen LogP contribution in [0.25, 0.3) is 0 Å². The number of hydrogen-bond donors (Lipinski definition) is 1. The number of imide groups is 1. The molecule has 0 saturated carbocycles. The van der Waals surface area contributed by atoms with E-state index in [4.69, 9.17) is 4.74 Å². The number of amides is 3. The van der Waals surface area contributed by atoms with E-state index < -0.39 is 54.1 Å². The summed E-state index contributed by atoms with van der Waals surface area (Å²) < 4.78 is 9.85. The van der Waals surface area contributed by atoms with Gasteiger partial charge >= 0.3 is 11.9 Å². The minimum atomic E-state index is -1.19. The molecule has 0 unspecified atom stereocenters. The van der Waals surface area contributed by atoms with Crippen molar-refractivity contribution in [3.05, 3.63) is 101 Å². The van der Waals surface area contributed by atoms with Crippen molar-refractivity contribution in [2.24, 2.45) is 11.8 Å². The normalized spacial score (nSPS) is 22.6. The molecule has 1 saturated heterocycles. The number of hydrogen-bond acceptors (Lipinski definition) is 7. The van der Waals surface area contributed by atoms with Crippen molar-refractivity contribution in [3.63, 3.8) is 0 Å². The lowest BCUT2D eigenvalue weighted by atomic mass is 9.55. The predicted octanol–water partition coefficient (Wildman–Crippen LogP) is 3.24. The lowest BCUT2D eigenvalue weighted by Crippen LogP contribution is -2.45. The highest BCUT2D eigenvalue weighted by Crippen LogP contribution is 2.61. The van der Waals surface area contributed by atoms with Crippen molar-refractivity contribution in [1.29, 1.82) is 0 Å². The first-order valence-electron chi connectivity index (χ1n) is 13.0. The molecule has 1 heterocycles. The lowest BCUT2D eigenvalue weighted by molar-refractivity contribution is -0.159. The second-order valence-electron chi connectivity index (χ2n) is 10.2. The average Bonchev–Trinajstić information content (AvgIpc) is 3.25. The average molecular weight is 539 g/mol. The van der Waals surface area contributed by atoms with E-state index >= 15 is 0 Å². The fourth-order valence-corrected chi connectivity index (χ4v) is 6.45. The molecule has 9 heteroatoms. The molecule has 4 aliphatic rings. The van der Waals surface area contributed by atoms with E-state index in [1.807, 2.05) is 48.5 Å². The van der Waals surface area contributed by atoms with Gasteiger partial charge in [-0.15, -0.1) is 0 Å². The number of anilines is 1. The zero-order valence-corrected chi connectivity index (χ0v) is 21.8. The minimum absolute atomic E-state index is 0.275. The van der Waals surface area contributed by atoms with Crippen LogP contribution in [0.3, 0.4) is 0 Å². The van der Waals surface area contributed by atoms with Gasteiger partial charge in [0.05, 0.1) is 24.5 Å². The van der Waals surface area contributed by atoms with Gasteiger partial charge in [0.15, 0.2) is 6.61 Å². The molecule has 40 heavy (non-hydrogen) atoms. The number of nitrogens with zero attached hydrogens (tertiary/aromatic N) is 1. The van der Waals surface area contributed by atoms with Crippen molar-refractivity contribution < 1.29 is 33.4 Å². The summed E-state index contributed by atoms with van der Waals surface area (Å²) in [5.74, 6) is -4.51. The van der Waals surface area contributed by atoms with E-state index in [-0.39, 0.29) is 11.8 Å². The Kier molecular flexibility index (Phi) is 6.21. The van der Waals surface area contributed by atoms with Crippen LogP contribution in [0.5, 0.6) is 0 Å². The molecule has 3 aliphatic carbocycles. The Labute approximate surface area is 230 Å². The van der Waals surface area contributed by atoms with Gasteiger partial charge in [-0.1, -0.05) is 48.5 Å². The summed E-state index contributed by atoms with van der Waals surface area (Å²) in [6.45, 7) is 0.842. The second kappa shape index (κ2) is 9.75. The molecule has 9 nitrogen and oxygen atoms in total. The Morgan fingerprint density at radius 3 is 1.73 bits per heavy atom. The largest absolute Gasteiger partial charge is 0.465 e. The molecule has 3 aromatic rings. The van der Waals surface area contributed by atoms with Gasteiger partial charge in [-0.3, -0.25) is 19.3 Å². The number of carbonyl (C=O) groups is 5. The molecule has 0 aromatic heterocycles. The highest BCUT2D eigenvalue weighted by molar-refractivity contribution is 6.10. The van der Waals surface area contributed by atoms with Crippen molar-refractivity contribution in [1.82, 2.24) is 4.90 Å². The highest BCUT2D eigenvalue weighted by atomic mass is 16.5. The lowest BCUT2D eigenvalue weighted by Gasteiger charge is -2.45. The fraction of sp³-hybridized carbons (Fsp3) is 0.258. The van der Waals surface area contributed by atoms with Crippen LogP contribution in [0.4, 0.5) is 5.69 Å². The first-order valence-corrected chi connectivity index (χ1v) is 13.0. The maximum atomic E-state index is 13.8. The van der Waals surface area contributed by atoms with Crippen LogP contribution >= 0.6 is 0 Å². The van der Waals surface area contributed by atoms with Crippen LogP contribution in [0.15, 0.2) is 72.8 Å². The molecule has 3 aromatic carbocycles. The molecule has 202 valence electrons. The van der Waals surface area contributed by atoms with Crippen molar-refractivity contribution in [2.45, 2.75) is 24.8 Å². The molecule has 3 amide bonds. The number of benzene rings is 3. The number of likely N-dealkylation sites (tertiary alicyclic amines) is 1. The Morgan fingerprint density at radius 2 is 1.27 bits per heavy atom. The Balaban J connectivity index is 1.16. The summed E-state index contributed by atoms with van der Waals surface area (Å²) in [5.41, 5.74) is 4.89. The van der Waals surface area contributed by atoms with Crippen molar-refractivity contribution in [2.75, 3.05) is 19.0 Å². The van der Waals surface area contributed by atoms with E-state index in [1.165, 1.54) is 38.3 Å². The number of rotatable bonds is 6. The molecule has 0 radical (unpaired) electrons. The van der Waals surface area contributed by atoms with Gasteiger partial charge in [-0.2, -0.15) is 0 Å². The first kappa shape index (κ1) is 25.5. The van der Waals surface area contributed by atoms with E-state index in [9.17, 15) is 24.0 Å². The van der Waals surface area contributed by atoms with Crippen LogP contribution in [0.2, 0.25) is 0 Å². The van der Waals surface area contributed by atoms with E-state index in [1.54, 1.807) is 0 Å². The van der Waals surface area contributed by atoms with Crippen LogP contribution < -0.4 is 5.32 Å². The molecule has 1 fully saturated rings. The topological polar surface area (TPSA) is 119 Å². The zero-order chi connectivity index (χ0) is 28.1. The summed E-state index contributed by atoms with van der Waals surface area (Å²) in [7, 11) is 1.27. The maximum absolute atomic E-state index is 13.8. The summed E-state index contributed by atoms with van der Waals surface area (Å²) in [6.07, 6.45) is 0. The zero-order valence-electron chi connectivity index (χ0n) is 21.8. The molecule has 2 bridgehead atoms. The third-order valence-electron chi connectivity index (χ3n) is 8.15.